The van der Waals surface area contributed by atoms with Gasteiger partial charge in [-0.25, -0.2) is 17.6 Å². The first kappa shape index (κ1) is 41.1. The van der Waals surface area contributed by atoms with E-state index in [0.29, 0.717) is 13.1 Å². The second-order valence-electron chi connectivity index (χ2n) is 9.67. The highest BCUT2D eigenvalue weighted by molar-refractivity contribution is 7.86. The summed E-state index contributed by atoms with van der Waals surface area (Å²) in [5.41, 5.74) is -0.466. The van der Waals surface area contributed by atoms with Gasteiger partial charge in [-0.2, -0.15) is 8.42 Å². The van der Waals surface area contributed by atoms with Crippen molar-refractivity contribution >= 4 is 39.7 Å². The van der Waals surface area contributed by atoms with Crippen LogP contribution in [0.4, 0.5) is 23.2 Å². The Morgan fingerprint density at radius 2 is 1.30 bits per heavy atom. The first-order valence-electron chi connectivity index (χ1n) is 13.5. The summed E-state index contributed by atoms with van der Waals surface area (Å²) in [4.78, 5) is 55.6. The molecule has 1 aromatic carbocycles. The Morgan fingerprint density at radius 1 is 0.851 bits per heavy atom. The Hall–Kier alpha value is -3.95. The number of benzene rings is 1. The largest absolute Gasteiger partial charge is 0.469 e. The van der Waals surface area contributed by atoms with Gasteiger partial charge in [-0.15, -0.1) is 0 Å². The van der Waals surface area contributed by atoms with Crippen molar-refractivity contribution in [2.75, 3.05) is 67.8 Å². The van der Waals surface area contributed by atoms with E-state index >= 15 is 0 Å². The van der Waals surface area contributed by atoms with E-state index in [1.54, 1.807) is 0 Å². The van der Waals surface area contributed by atoms with E-state index in [9.17, 15) is 55.3 Å². The van der Waals surface area contributed by atoms with Crippen molar-refractivity contribution in [3.8, 4) is 0 Å². The first-order valence-corrected chi connectivity index (χ1v) is 14.9. The number of hydrogen-bond acceptors (Lipinski definition) is 15. The highest BCUT2D eigenvalue weighted by Crippen LogP contribution is 2.26. The van der Waals surface area contributed by atoms with Gasteiger partial charge in [0, 0.05) is 38.3 Å². The Bertz CT molecular complexity index is 1290. The molecule has 0 radical (unpaired) electrons. The number of carbonyl (C=O) groups is 4. The van der Waals surface area contributed by atoms with Gasteiger partial charge in [0.05, 0.1) is 63.6 Å². The highest BCUT2D eigenvalue weighted by Gasteiger charge is 2.43. The van der Waals surface area contributed by atoms with E-state index in [-0.39, 0.29) is 25.0 Å². The number of nitro benzene ring substituents is 1. The van der Waals surface area contributed by atoms with E-state index in [1.165, 1.54) is 33.3 Å². The number of rotatable bonds is 11. The molecule has 2 aliphatic heterocycles. The molecule has 4 atom stereocenters. The fourth-order valence-corrected chi connectivity index (χ4v) is 5.38. The quantitative estimate of drug-likeness (QED) is 0.0847. The van der Waals surface area contributed by atoms with Crippen molar-refractivity contribution in [2.24, 2.45) is 23.7 Å². The van der Waals surface area contributed by atoms with Crippen molar-refractivity contribution in [3.63, 3.8) is 0 Å². The first-order chi connectivity index (χ1) is 22.0. The number of carbonyl (C=O) groups excluding carboxylic acids is 4. The van der Waals surface area contributed by atoms with E-state index in [0.717, 1.165) is 24.3 Å². The van der Waals surface area contributed by atoms with Gasteiger partial charge < -0.3 is 24.3 Å². The van der Waals surface area contributed by atoms with Gasteiger partial charge in [-0.1, -0.05) is 6.07 Å². The number of ether oxygens (including phenoxy) is 4. The molecule has 2 fully saturated rings. The molecule has 1 N–H and O–H groups in total. The summed E-state index contributed by atoms with van der Waals surface area (Å²) in [5.74, 6) is -4.14. The smallest absolute Gasteiger partial charge is 0.310 e. The molecule has 0 aromatic heterocycles. The summed E-state index contributed by atoms with van der Waals surface area (Å²) in [6.07, 6.45) is -5.44. The average molecular weight is 706 g/mol. The van der Waals surface area contributed by atoms with Gasteiger partial charge >= 0.3 is 23.9 Å². The number of hydrogen-bond donors (Lipinski definition) is 1. The minimum Gasteiger partial charge on any atom is -0.469 e. The van der Waals surface area contributed by atoms with Gasteiger partial charge in [0.15, 0.2) is 0 Å². The SMILES string of the molecule is COC(=O)[C@H]1CN(CC(F)F)C[C@@H]1C(=O)OC.COC(=O)[C@H]1CNC[C@@H]1C(=O)OC.O=[N+]([O-])c1cccc(S(=O)(=O)OCC(F)F)c1. The second kappa shape index (κ2) is 19.7. The van der Waals surface area contributed by atoms with Crippen molar-refractivity contribution in [1.82, 2.24) is 10.2 Å². The topological polar surface area (TPSA) is 207 Å². The monoisotopic (exact) mass is 705 g/mol. The maximum Gasteiger partial charge on any atom is 0.310 e. The zero-order chi connectivity index (χ0) is 35.9. The van der Waals surface area contributed by atoms with Crippen LogP contribution in [0.1, 0.15) is 0 Å². The standard InChI is InChI=1S/C10H15F2NO4.C8H7F2NO5S.C8H13NO4/c1-16-9(14)6-3-13(5-8(11)12)4-7(6)10(15)17-2;9-8(10)5-16-17(14,15)7-3-1-2-6(4-7)11(12)13;1-12-7(10)5-3-9-4-6(5)8(11)13-2/h6-8H,3-5H2,1-2H3;1-4,8H,5H2;5-6,9H,3-4H2,1-2H3/t6-,7-;;5-,6-/m0.0/s1. The lowest BCUT2D eigenvalue weighted by atomic mass is 9.96. The molecule has 0 unspecified atom stereocenters. The van der Waals surface area contributed by atoms with Crippen LogP contribution in [-0.2, 0) is 52.4 Å². The van der Waals surface area contributed by atoms with Gasteiger partial charge in [-0.05, 0) is 6.07 Å². The van der Waals surface area contributed by atoms with E-state index in [2.05, 4.69) is 28.4 Å². The highest BCUT2D eigenvalue weighted by atomic mass is 32.2. The average Bonchev–Trinajstić information content (AvgIpc) is 3.71. The summed E-state index contributed by atoms with van der Waals surface area (Å²) in [6, 6.07) is 3.96. The lowest BCUT2D eigenvalue weighted by molar-refractivity contribution is -0.385. The predicted octanol–water partition coefficient (Wildman–Crippen LogP) is 0.879. The number of esters is 4. The number of likely N-dealkylation sites (tertiary alicyclic amines) is 1. The van der Waals surface area contributed by atoms with Crippen molar-refractivity contribution in [2.45, 2.75) is 17.7 Å². The third kappa shape index (κ3) is 13.0. The summed E-state index contributed by atoms with van der Waals surface area (Å²) in [6.45, 7) is -0.599. The molecule has 0 aliphatic carbocycles. The predicted molar refractivity (Wildman–Crippen MR) is 150 cm³/mol. The van der Waals surface area contributed by atoms with Crippen LogP contribution in [-0.4, -0.2) is 123 Å². The molecule has 21 heteroatoms. The van der Waals surface area contributed by atoms with Crippen LogP contribution in [0.25, 0.3) is 0 Å². The zero-order valence-corrected chi connectivity index (χ0v) is 26.5. The minimum atomic E-state index is -4.40. The molecule has 47 heavy (non-hydrogen) atoms. The minimum absolute atomic E-state index is 0.0940. The number of nitrogens with zero attached hydrogens (tertiary/aromatic N) is 2. The molecule has 16 nitrogen and oxygen atoms in total. The third-order valence-corrected chi connectivity index (χ3v) is 7.97. The van der Waals surface area contributed by atoms with Crippen molar-refractivity contribution in [1.29, 1.82) is 0 Å². The summed E-state index contributed by atoms with van der Waals surface area (Å²) in [5, 5.41) is 13.3. The van der Waals surface area contributed by atoms with Crippen LogP contribution in [0.5, 0.6) is 0 Å². The van der Waals surface area contributed by atoms with Crippen LogP contribution >= 0.6 is 0 Å². The number of halogens is 4. The summed E-state index contributed by atoms with van der Waals surface area (Å²) in [7, 11) is 0.635. The van der Waals surface area contributed by atoms with E-state index in [1.807, 2.05) is 0 Å². The number of non-ortho nitro benzene ring substituents is 1. The van der Waals surface area contributed by atoms with Gasteiger partial charge in [0.25, 0.3) is 28.7 Å². The maximum absolute atomic E-state index is 12.2. The lowest BCUT2D eigenvalue weighted by Gasteiger charge is -2.13. The Kier molecular flexibility index (Phi) is 17.2. The molecule has 1 aromatic rings. The Morgan fingerprint density at radius 3 is 1.68 bits per heavy atom. The molecule has 0 saturated carbocycles. The normalized spacial score (nSPS) is 20.7. The summed E-state index contributed by atoms with van der Waals surface area (Å²) < 4.78 is 93.0. The fraction of sp³-hybridized carbons (Fsp3) is 0.615. The third-order valence-electron chi connectivity index (χ3n) is 6.69. The number of nitrogens with one attached hydrogen (secondary N) is 1. The molecular formula is C26H35F4N3O13S. The Balaban J connectivity index is 0.000000356. The van der Waals surface area contributed by atoms with Gasteiger partial charge in [0.2, 0.25) is 0 Å². The summed E-state index contributed by atoms with van der Waals surface area (Å²) >= 11 is 0. The fourth-order valence-electron chi connectivity index (χ4n) is 4.45. The molecule has 2 saturated heterocycles. The van der Waals surface area contributed by atoms with E-state index < -0.39 is 87.2 Å². The Labute approximate surface area is 266 Å². The van der Waals surface area contributed by atoms with Crippen LogP contribution in [0.15, 0.2) is 29.2 Å². The van der Waals surface area contributed by atoms with Crippen LogP contribution in [0.3, 0.4) is 0 Å². The van der Waals surface area contributed by atoms with Crippen LogP contribution in [0, 0.1) is 33.8 Å². The molecule has 0 bridgehead atoms. The molecule has 2 aliphatic rings. The second-order valence-corrected chi connectivity index (χ2v) is 11.3. The van der Waals surface area contributed by atoms with E-state index in [4.69, 9.17) is 0 Å². The maximum atomic E-state index is 12.2. The number of nitro groups is 1. The van der Waals surface area contributed by atoms with Crippen LogP contribution < -0.4 is 5.32 Å². The molecule has 266 valence electrons. The van der Waals surface area contributed by atoms with Crippen LogP contribution in [0.2, 0.25) is 0 Å². The van der Waals surface area contributed by atoms with Crippen molar-refractivity contribution < 1.29 is 73.2 Å². The van der Waals surface area contributed by atoms with Crippen molar-refractivity contribution in [3.05, 3.63) is 34.4 Å². The van der Waals surface area contributed by atoms with Gasteiger partial charge in [-0.3, -0.25) is 38.4 Å². The zero-order valence-electron chi connectivity index (χ0n) is 25.6. The molecule has 0 amide bonds. The molecular weight excluding hydrogens is 670 g/mol. The molecule has 3 rings (SSSR count). The number of methoxy groups -OCH3 is 4. The molecule has 0 spiro atoms. The lowest BCUT2D eigenvalue weighted by Crippen LogP contribution is -2.30. The van der Waals surface area contributed by atoms with Gasteiger partial charge in [0.1, 0.15) is 11.5 Å². The molecule has 2 heterocycles. The number of alkyl halides is 4.